The number of rotatable bonds is 22. The van der Waals surface area contributed by atoms with E-state index < -0.39 is 54.6 Å². The predicted molar refractivity (Wildman–Crippen MR) is 354 cm³/mol. The zero-order valence-corrected chi connectivity index (χ0v) is 54.8. The average molecular weight is 1280 g/mol. The van der Waals surface area contributed by atoms with E-state index in [0.717, 1.165) is 85.6 Å². The quantitative estimate of drug-likeness (QED) is 0.0545. The highest BCUT2D eigenvalue weighted by Crippen LogP contribution is 2.49. The molecule has 4 N–H and O–H groups in total. The van der Waals surface area contributed by atoms with Crippen LogP contribution in [0.5, 0.6) is 11.5 Å². The molecule has 10 rings (SSSR count). The number of carbonyl (C=O) groups is 2. The first kappa shape index (κ1) is 66.8. The number of hydrogen-bond donors (Lipinski definition) is 4. The highest BCUT2D eigenvalue weighted by Gasteiger charge is 2.47. The number of halogens is 2. The van der Waals surface area contributed by atoms with Crippen LogP contribution in [-0.4, -0.2) is 101 Å². The molecule has 2 heterocycles. The summed E-state index contributed by atoms with van der Waals surface area (Å²) in [6.07, 6.45) is 17.2. The summed E-state index contributed by atoms with van der Waals surface area (Å²) in [5.41, 5.74) is 6.45. The van der Waals surface area contributed by atoms with Gasteiger partial charge in [-0.05, 0) is 208 Å². The number of allylic oxidation sites excluding steroid dienone is 2. The Hall–Kier alpha value is -5.62. The van der Waals surface area contributed by atoms with Crippen LogP contribution in [0.2, 0.25) is 10.0 Å². The van der Waals surface area contributed by atoms with Crippen molar-refractivity contribution in [2.75, 3.05) is 49.2 Å². The molecule has 0 radical (unpaired) electrons. The average Bonchev–Trinajstić information content (AvgIpc) is 1.55. The van der Waals surface area contributed by atoms with Crippen LogP contribution < -0.4 is 28.7 Å². The number of sulfonamides is 2. The lowest BCUT2D eigenvalue weighted by molar-refractivity contribution is 0.0176. The Morgan fingerprint density at radius 2 is 0.977 bits per heavy atom. The summed E-state index contributed by atoms with van der Waals surface area (Å²) in [7, 11) is -7.86. The third-order valence-corrected chi connectivity index (χ3v) is 24.3. The van der Waals surface area contributed by atoms with Crippen molar-refractivity contribution in [3.05, 3.63) is 167 Å². The number of carbonyl (C=O) groups excluding carboxylic acids is 2. The summed E-state index contributed by atoms with van der Waals surface area (Å²) < 4.78 is 70.5. The first-order chi connectivity index (χ1) is 41.9. The van der Waals surface area contributed by atoms with Gasteiger partial charge in [0.1, 0.15) is 11.5 Å². The number of aryl methyl sites for hydroxylation is 2. The number of fused-ring (bicyclic) bond motifs is 6. The molecular weight excluding hydrogens is 1190 g/mol. The Morgan fingerprint density at radius 3 is 1.32 bits per heavy atom. The molecule has 0 unspecified atom stereocenters. The van der Waals surface area contributed by atoms with Gasteiger partial charge in [-0.3, -0.25) is 9.59 Å². The second-order valence-corrected chi connectivity index (χ2v) is 31.0. The smallest absolute Gasteiger partial charge is 0.264 e. The number of aliphatic hydroxyl groups excluding tert-OH is 2. The van der Waals surface area contributed by atoms with E-state index in [1.807, 2.05) is 39.8 Å². The third kappa shape index (κ3) is 14.6. The molecule has 2 amide bonds. The molecule has 2 saturated carbocycles. The molecule has 6 aliphatic rings. The molecular formula is C70H90Cl2N4O10S2. The van der Waals surface area contributed by atoms with Crippen LogP contribution in [0, 0.1) is 35.5 Å². The van der Waals surface area contributed by atoms with Gasteiger partial charge in [-0.2, -0.15) is 0 Å². The van der Waals surface area contributed by atoms with Crippen LogP contribution in [0.4, 0.5) is 11.4 Å². The van der Waals surface area contributed by atoms with Crippen molar-refractivity contribution >= 4 is 66.4 Å². The fourth-order valence-electron chi connectivity index (χ4n) is 14.8. The topological polar surface area (TPSA) is 192 Å². The minimum Gasteiger partial charge on any atom is -0.490 e. The van der Waals surface area contributed by atoms with Crippen LogP contribution >= 0.6 is 23.2 Å². The lowest BCUT2D eigenvalue weighted by Gasteiger charge is -2.45. The highest BCUT2D eigenvalue weighted by molar-refractivity contribution is 7.91. The Labute approximate surface area is 532 Å². The van der Waals surface area contributed by atoms with Crippen molar-refractivity contribution < 1.29 is 46.1 Å². The fourth-order valence-corrected chi connectivity index (χ4v) is 18.5. The standard InChI is InChI=1S/2C35H45ClN2O5S/c2*1-5-8-31(39)28-14-11-26(28)20-38-21-35(17-7-10-24-18-27(36)13-15-29(24)35)22-43-32-16-12-25(19-30(32)38)34(40)37-44(41,42)33(9-6-2)23(3)4/h2*5-6,12-13,15-16,18-19,23,26,28,31,33,39H,1-2,7-11,14,17,20-22H2,3-4H3,(H,37,40)/t26-,28+,31+,33+,35-;26-,28+,31+,33-,35-/m00/s1. The molecule has 4 aromatic carbocycles. The minimum atomic E-state index is -3.93. The zero-order chi connectivity index (χ0) is 63.3. The number of ether oxygens (including phenoxy) is 2. The van der Waals surface area contributed by atoms with Crippen LogP contribution in [0.15, 0.2) is 123 Å². The maximum absolute atomic E-state index is 13.4. The van der Waals surface area contributed by atoms with E-state index in [-0.39, 0.29) is 70.3 Å². The first-order valence-corrected chi connectivity index (χ1v) is 35.3. The van der Waals surface area contributed by atoms with E-state index in [0.29, 0.717) is 63.7 Å². The predicted octanol–water partition coefficient (Wildman–Crippen LogP) is 12.9. The van der Waals surface area contributed by atoms with Gasteiger partial charge < -0.3 is 29.5 Å². The Balaban J connectivity index is 0.000000209. The Morgan fingerprint density at radius 1 is 0.591 bits per heavy atom. The molecule has 4 aromatic rings. The lowest BCUT2D eigenvalue weighted by atomic mass is 9.68. The number of hydrogen-bond acceptors (Lipinski definition) is 12. The first-order valence-electron chi connectivity index (χ1n) is 31.5. The molecule has 2 fully saturated rings. The van der Waals surface area contributed by atoms with Crippen LogP contribution in [0.3, 0.4) is 0 Å². The molecule has 4 aliphatic carbocycles. The molecule has 2 aliphatic heterocycles. The SMILES string of the molecule is C=CC[C@@H](O)[C@@H]1CC[C@H]1CN1C[C@@]2(CCCc3cc(Cl)ccc32)COc2ccc(C(=O)NS(=O)(=O)[C@@H](CC=C)C(C)C)cc21.C=CC[C@@H](O)[C@@H]1CC[C@H]1CN1C[C@@]2(CCCc3cc(Cl)ccc32)COc2ccc(C(=O)NS(=O)(=O)[C@H](CC=C)C(C)C)cc21. The van der Waals surface area contributed by atoms with Gasteiger partial charge in [-0.25, -0.2) is 26.3 Å². The maximum atomic E-state index is 13.4. The van der Waals surface area contributed by atoms with E-state index in [9.17, 15) is 36.6 Å². The number of amides is 2. The highest BCUT2D eigenvalue weighted by atomic mass is 35.5. The Bertz CT molecular complexity index is 3240. The summed E-state index contributed by atoms with van der Waals surface area (Å²) in [5, 5.41) is 21.6. The number of nitrogens with zero attached hydrogens (tertiary/aromatic N) is 2. The largest absolute Gasteiger partial charge is 0.490 e. The van der Waals surface area contributed by atoms with E-state index in [1.54, 1.807) is 60.7 Å². The van der Waals surface area contributed by atoms with Crippen molar-refractivity contribution in [1.29, 1.82) is 0 Å². The molecule has 14 nitrogen and oxygen atoms in total. The van der Waals surface area contributed by atoms with Gasteiger partial charge in [0, 0.05) is 58.2 Å². The van der Waals surface area contributed by atoms with E-state index >= 15 is 0 Å². The van der Waals surface area contributed by atoms with Crippen molar-refractivity contribution in [3.63, 3.8) is 0 Å². The number of aliphatic hydroxyl groups is 2. The fraction of sp³-hybridized carbons (Fsp3) is 0.514. The van der Waals surface area contributed by atoms with E-state index in [2.05, 4.69) is 69.8 Å². The van der Waals surface area contributed by atoms with E-state index in [1.165, 1.54) is 22.3 Å². The maximum Gasteiger partial charge on any atom is 0.264 e. The van der Waals surface area contributed by atoms with Crippen molar-refractivity contribution in [2.45, 2.75) is 151 Å². The number of anilines is 2. The second kappa shape index (κ2) is 28.3. The summed E-state index contributed by atoms with van der Waals surface area (Å²) >= 11 is 12.8. The van der Waals surface area contributed by atoms with Crippen LogP contribution in [-0.2, 0) is 43.7 Å². The van der Waals surface area contributed by atoms with Gasteiger partial charge >= 0.3 is 0 Å². The lowest BCUT2D eigenvalue weighted by Crippen LogP contribution is -2.49. The summed E-state index contributed by atoms with van der Waals surface area (Å²) in [5.74, 6) is 0.495. The van der Waals surface area contributed by atoms with Crippen molar-refractivity contribution in [3.8, 4) is 11.5 Å². The van der Waals surface area contributed by atoms with Gasteiger partial charge in [0.2, 0.25) is 20.0 Å². The number of nitrogens with one attached hydrogen (secondary N) is 2. The van der Waals surface area contributed by atoms with E-state index in [4.69, 9.17) is 32.7 Å². The summed E-state index contributed by atoms with van der Waals surface area (Å²) in [6.45, 7) is 26.0. The number of benzene rings is 4. The van der Waals surface area contributed by atoms with Gasteiger partial charge in [0.05, 0.1) is 47.3 Å². The third-order valence-electron chi connectivity index (χ3n) is 19.8. The molecule has 10 atom stereocenters. The molecule has 0 bridgehead atoms. The molecule has 88 heavy (non-hydrogen) atoms. The Kier molecular flexibility index (Phi) is 21.5. The molecule has 18 heteroatoms. The van der Waals surface area contributed by atoms with Crippen molar-refractivity contribution in [1.82, 2.24) is 9.44 Å². The molecule has 0 saturated heterocycles. The van der Waals surface area contributed by atoms with Crippen LogP contribution in [0.25, 0.3) is 0 Å². The zero-order valence-electron chi connectivity index (χ0n) is 51.6. The van der Waals surface area contributed by atoms with Gasteiger partial charge in [0.15, 0.2) is 0 Å². The van der Waals surface area contributed by atoms with Gasteiger partial charge in [-0.15, -0.1) is 26.3 Å². The molecule has 0 aromatic heterocycles. The van der Waals surface area contributed by atoms with Gasteiger partial charge in [0.25, 0.3) is 11.8 Å². The normalized spacial score (nSPS) is 24.2. The molecule has 476 valence electrons. The van der Waals surface area contributed by atoms with Crippen molar-refractivity contribution in [2.24, 2.45) is 35.5 Å². The monoisotopic (exact) mass is 1280 g/mol. The summed E-state index contributed by atoms with van der Waals surface area (Å²) in [4.78, 5) is 31.5. The van der Waals surface area contributed by atoms with Crippen LogP contribution in [0.1, 0.15) is 148 Å². The second-order valence-electron chi connectivity index (χ2n) is 26.3. The minimum absolute atomic E-state index is 0.170. The molecule has 2 spiro atoms. The van der Waals surface area contributed by atoms with Gasteiger partial charge in [-0.1, -0.05) is 87.3 Å². The summed E-state index contributed by atoms with van der Waals surface area (Å²) in [6, 6.07) is 22.6.